The fourth-order valence-corrected chi connectivity index (χ4v) is 2.12. The minimum atomic E-state index is -0.340. The van der Waals surface area contributed by atoms with Gasteiger partial charge in [0.2, 0.25) is 5.91 Å². The summed E-state index contributed by atoms with van der Waals surface area (Å²) in [6.45, 7) is 0.870. The number of hydrogen-bond donors (Lipinski definition) is 1. The molecule has 6 nitrogen and oxygen atoms in total. The van der Waals surface area contributed by atoms with Crippen LogP contribution < -0.4 is 10.1 Å². The summed E-state index contributed by atoms with van der Waals surface area (Å²) in [6, 6.07) is 7.64. The molecule has 21 heavy (non-hydrogen) atoms. The maximum atomic E-state index is 11.8. The number of carbonyl (C=O) groups is 2. The predicted molar refractivity (Wildman–Crippen MR) is 77.2 cm³/mol. The molecule has 2 rings (SSSR count). The Kier molecular flexibility index (Phi) is 5.03. The summed E-state index contributed by atoms with van der Waals surface area (Å²) in [5.41, 5.74) is 1.08. The lowest BCUT2D eigenvalue weighted by atomic mass is 10.1. The molecule has 0 bridgehead atoms. The van der Waals surface area contributed by atoms with Crippen molar-refractivity contribution in [3.05, 3.63) is 29.8 Å². The van der Waals surface area contributed by atoms with Gasteiger partial charge in [0.05, 0.1) is 20.2 Å². The van der Waals surface area contributed by atoms with Gasteiger partial charge in [0.1, 0.15) is 11.9 Å². The minimum absolute atomic E-state index is 0.0450. The number of nitrogens with zero attached hydrogens (tertiary/aromatic N) is 1. The van der Waals surface area contributed by atoms with Crippen molar-refractivity contribution >= 4 is 12.0 Å². The van der Waals surface area contributed by atoms with Crippen molar-refractivity contribution in [2.75, 3.05) is 27.2 Å². The molecule has 1 aliphatic rings. The zero-order chi connectivity index (χ0) is 15.2. The van der Waals surface area contributed by atoms with Crippen LogP contribution in [0, 0.1) is 0 Å². The van der Waals surface area contributed by atoms with Crippen molar-refractivity contribution in [2.45, 2.75) is 18.9 Å². The average molecular weight is 292 g/mol. The van der Waals surface area contributed by atoms with Gasteiger partial charge in [-0.05, 0) is 24.1 Å². The van der Waals surface area contributed by atoms with Gasteiger partial charge in [-0.15, -0.1) is 0 Å². The van der Waals surface area contributed by atoms with Crippen molar-refractivity contribution in [2.24, 2.45) is 0 Å². The van der Waals surface area contributed by atoms with Crippen LogP contribution >= 0.6 is 0 Å². The van der Waals surface area contributed by atoms with Gasteiger partial charge in [0, 0.05) is 13.5 Å². The van der Waals surface area contributed by atoms with Crippen molar-refractivity contribution in [3.8, 4) is 5.75 Å². The maximum Gasteiger partial charge on any atom is 0.410 e. The molecule has 1 N–H and O–H groups in total. The quantitative estimate of drug-likeness (QED) is 0.855. The van der Waals surface area contributed by atoms with Crippen LogP contribution in [0.2, 0.25) is 0 Å². The van der Waals surface area contributed by atoms with Gasteiger partial charge in [-0.25, -0.2) is 4.79 Å². The lowest BCUT2D eigenvalue weighted by Crippen LogP contribution is -2.34. The first-order chi connectivity index (χ1) is 10.1. The van der Waals surface area contributed by atoms with E-state index in [1.165, 1.54) is 4.90 Å². The lowest BCUT2D eigenvalue weighted by molar-refractivity contribution is -0.121. The van der Waals surface area contributed by atoms with Crippen molar-refractivity contribution in [3.63, 3.8) is 0 Å². The van der Waals surface area contributed by atoms with Crippen molar-refractivity contribution < 1.29 is 19.1 Å². The topological polar surface area (TPSA) is 67.9 Å². The molecule has 6 heteroatoms. The number of ether oxygens (including phenoxy) is 2. The summed E-state index contributed by atoms with van der Waals surface area (Å²) in [5, 5.41) is 2.79. The Hall–Kier alpha value is -2.24. The molecule has 1 heterocycles. The van der Waals surface area contributed by atoms with E-state index in [0.717, 1.165) is 11.3 Å². The van der Waals surface area contributed by atoms with E-state index in [1.807, 2.05) is 24.3 Å². The normalized spacial score (nSPS) is 17.5. The number of nitrogens with one attached hydrogen (secondary N) is 1. The number of rotatable bonds is 6. The van der Waals surface area contributed by atoms with Crippen LogP contribution in [0.5, 0.6) is 5.75 Å². The van der Waals surface area contributed by atoms with Crippen molar-refractivity contribution in [1.29, 1.82) is 0 Å². The van der Waals surface area contributed by atoms with Crippen LogP contribution in [0.4, 0.5) is 4.79 Å². The van der Waals surface area contributed by atoms with Gasteiger partial charge >= 0.3 is 6.09 Å². The van der Waals surface area contributed by atoms with E-state index in [1.54, 1.807) is 14.2 Å². The number of carbonyl (C=O) groups excluding carboxylic acids is 2. The van der Waals surface area contributed by atoms with Crippen LogP contribution in [0.25, 0.3) is 0 Å². The summed E-state index contributed by atoms with van der Waals surface area (Å²) in [5.74, 6) is 0.756. The van der Waals surface area contributed by atoms with Gasteiger partial charge in [-0.3, -0.25) is 4.79 Å². The van der Waals surface area contributed by atoms with E-state index in [4.69, 9.17) is 9.47 Å². The summed E-state index contributed by atoms with van der Waals surface area (Å²) >= 11 is 0. The number of amides is 2. The third-order valence-electron chi connectivity index (χ3n) is 3.38. The Morgan fingerprint density at radius 3 is 2.71 bits per heavy atom. The first-order valence-electron chi connectivity index (χ1n) is 6.90. The first kappa shape index (κ1) is 15.2. The zero-order valence-electron chi connectivity index (χ0n) is 12.3. The van der Waals surface area contributed by atoms with E-state index in [9.17, 15) is 9.59 Å². The molecular weight excluding hydrogens is 272 g/mol. The summed E-state index contributed by atoms with van der Waals surface area (Å²) in [4.78, 5) is 24.4. The molecule has 1 aromatic rings. The maximum absolute atomic E-state index is 11.8. The Labute approximate surface area is 124 Å². The monoisotopic (exact) mass is 292 g/mol. The van der Waals surface area contributed by atoms with Gasteiger partial charge in [-0.2, -0.15) is 0 Å². The first-order valence-corrected chi connectivity index (χ1v) is 6.90. The van der Waals surface area contributed by atoms with Gasteiger partial charge in [0.15, 0.2) is 0 Å². The average Bonchev–Trinajstić information content (AvgIpc) is 2.82. The Bertz CT molecular complexity index is 501. The Morgan fingerprint density at radius 1 is 1.43 bits per heavy atom. The third kappa shape index (κ3) is 4.37. The van der Waals surface area contributed by atoms with E-state index >= 15 is 0 Å². The van der Waals surface area contributed by atoms with Crippen LogP contribution in [0.15, 0.2) is 24.3 Å². The Balaban J connectivity index is 1.68. The van der Waals surface area contributed by atoms with E-state index in [0.29, 0.717) is 25.9 Å². The number of cyclic esters (lactones) is 1. The molecule has 0 aromatic heterocycles. The highest BCUT2D eigenvalue weighted by Crippen LogP contribution is 2.12. The molecule has 2 amide bonds. The van der Waals surface area contributed by atoms with Crippen LogP contribution in [0.3, 0.4) is 0 Å². The number of hydrogen-bond acceptors (Lipinski definition) is 4. The molecule has 1 aliphatic heterocycles. The van der Waals surface area contributed by atoms with E-state index in [2.05, 4.69) is 5.32 Å². The lowest BCUT2D eigenvalue weighted by Gasteiger charge is -2.10. The van der Waals surface area contributed by atoms with Crippen LogP contribution in [0.1, 0.15) is 12.0 Å². The molecule has 1 fully saturated rings. The molecule has 1 saturated heterocycles. The second-order valence-corrected chi connectivity index (χ2v) is 5.04. The van der Waals surface area contributed by atoms with Gasteiger partial charge in [0.25, 0.3) is 0 Å². The number of methoxy groups -OCH3 is 1. The highest BCUT2D eigenvalue weighted by atomic mass is 16.6. The summed E-state index contributed by atoms with van der Waals surface area (Å²) in [6.07, 6.45) is 0.475. The second kappa shape index (κ2) is 6.97. The molecule has 0 aliphatic carbocycles. The molecule has 0 spiro atoms. The van der Waals surface area contributed by atoms with E-state index in [-0.39, 0.29) is 18.1 Å². The minimum Gasteiger partial charge on any atom is -0.497 e. The number of likely N-dealkylation sites (N-methyl/N-ethyl adjacent to an activating group) is 1. The Morgan fingerprint density at radius 2 is 2.14 bits per heavy atom. The molecule has 1 aromatic carbocycles. The number of benzene rings is 1. The van der Waals surface area contributed by atoms with Crippen LogP contribution in [-0.2, 0) is 16.0 Å². The van der Waals surface area contributed by atoms with Gasteiger partial charge < -0.3 is 19.7 Å². The third-order valence-corrected chi connectivity index (χ3v) is 3.38. The largest absolute Gasteiger partial charge is 0.497 e. The molecule has 0 radical (unpaired) electrons. The SMILES string of the molecule is COc1ccc(CCC(=O)NCC2CN(C)C(=O)O2)cc1. The zero-order valence-corrected chi connectivity index (χ0v) is 12.3. The standard InChI is InChI=1S/C15H20N2O4/c1-17-10-13(21-15(17)19)9-16-14(18)8-5-11-3-6-12(20-2)7-4-11/h3-4,6-7,13H,5,8-10H2,1-2H3,(H,16,18). The molecular formula is C15H20N2O4. The van der Waals surface area contributed by atoms with Crippen LogP contribution in [-0.4, -0.2) is 50.3 Å². The molecule has 114 valence electrons. The predicted octanol–water partition coefficient (Wildman–Crippen LogP) is 1.19. The van der Waals surface area contributed by atoms with E-state index < -0.39 is 0 Å². The highest BCUT2D eigenvalue weighted by molar-refractivity contribution is 5.76. The molecule has 0 saturated carbocycles. The fourth-order valence-electron chi connectivity index (χ4n) is 2.12. The molecule has 1 atom stereocenters. The molecule has 1 unspecified atom stereocenters. The van der Waals surface area contributed by atoms with Gasteiger partial charge in [-0.1, -0.05) is 12.1 Å². The number of aryl methyl sites for hydroxylation is 1. The fraction of sp³-hybridized carbons (Fsp3) is 0.467. The second-order valence-electron chi connectivity index (χ2n) is 5.04. The highest BCUT2D eigenvalue weighted by Gasteiger charge is 2.28. The smallest absolute Gasteiger partial charge is 0.410 e. The summed E-state index contributed by atoms with van der Waals surface area (Å²) in [7, 11) is 3.30. The summed E-state index contributed by atoms with van der Waals surface area (Å²) < 4.78 is 10.2. The van der Waals surface area contributed by atoms with Crippen molar-refractivity contribution in [1.82, 2.24) is 10.2 Å².